The van der Waals surface area contributed by atoms with E-state index in [4.69, 9.17) is 4.74 Å². The SMILES string of the molecule is CCCCCCCCCCCN(CCCCCCCCCCC)c1ccccc1OC. The highest BCUT2D eigenvalue weighted by atomic mass is 16.5. The van der Waals surface area contributed by atoms with E-state index in [0.29, 0.717) is 0 Å². The van der Waals surface area contributed by atoms with Gasteiger partial charge in [-0.1, -0.05) is 129 Å². The van der Waals surface area contributed by atoms with Crippen LogP contribution in [0.3, 0.4) is 0 Å². The third-order valence-electron chi connectivity index (χ3n) is 6.49. The average molecular weight is 432 g/mol. The minimum absolute atomic E-state index is 1.02. The first-order valence-corrected chi connectivity index (χ1v) is 13.7. The van der Waals surface area contributed by atoms with Crippen LogP contribution in [0.1, 0.15) is 129 Å². The number of benzene rings is 1. The van der Waals surface area contributed by atoms with E-state index in [1.165, 1.54) is 121 Å². The summed E-state index contributed by atoms with van der Waals surface area (Å²) in [6.07, 6.45) is 25.0. The molecule has 0 fully saturated rings. The Balaban J connectivity index is 2.30. The van der Waals surface area contributed by atoms with E-state index >= 15 is 0 Å². The fourth-order valence-electron chi connectivity index (χ4n) is 4.47. The number of nitrogens with zero attached hydrogens (tertiary/aromatic N) is 1. The van der Waals surface area contributed by atoms with E-state index in [1.807, 2.05) is 0 Å². The van der Waals surface area contributed by atoms with Crippen molar-refractivity contribution < 1.29 is 4.74 Å². The van der Waals surface area contributed by atoms with Crippen LogP contribution in [0.5, 0.6) is 5.75 Å². The van der Waals surface area contributed by atoms with Gasteiger partial charge in [0.1, 0.15) is 5.75 Å². The molecule has 0 aromatic heterocycles. The topological polar surface area (TPSA) is 12.5 Å². The fourth-order valence-corrected chi connectivity index (χ4v) is 4.47. The fraction of sp³-hybridized carbons (Fsp3) is 0.793. The number of hydrogen-bond acceptors (Lipinski definition) is 2. The van der Waals surface area contributed by atoms with Gasteiger partial charge in [0.15, 0.2) is 0 Å². The van der Waals surface area contributed by atoms with E-state index in [1.54, 1.807) is 7.11 Å². The molecule has 0 aliphatic heterocycles. The van der Waals surface area contributed by atoms with E-state index in [0.717, 1.165) is 18.8 Å². The summed E-state index contributed by atoms with van der Waals surface area (Å²) in [6, 6.07) is 8.57. The van der Waals surface area contributed by atoms with Crippen molar-refractivity contribution in [2.45, 2.75) is 129 Å². The van der Waals surface area contributed by atoms with Crippen LogP contribution >= 0.6 is 0 Å². The van der Waals surface area contributed by atoms with Crippen LogP contribution in [-0.4, -0.2) is 20.2 Å². The predicted molar refractivity (Wildman–Crippen MR) is 140 cm³/mol. The third-order valence-corrected chi connectivity index (χ3v) is 6.49. The summed E-state index contributed by atoms with van der Waals surface area (Å²) in [4.78, 5) is 2.58. The van der Waals surface area contributed by atoms with Crippen molar-refractivity contribution in [2.24, 2.45) is 0 Å². The summed E-state index contributed by atoms with van der Waals surface area (Å²) in [5.41, 5.74) is 1.28. The van der Waals surface area contributed by atoms with Crippen LogP contribution in [0.2, 0.25) is 0 Å². The Morgan fingerprint density at radius 1 is 0.548 bits per heavy atom. The standard InChI is InChI=1S/C29H53NO/c1-4-6-8-10-12-14-16-18-22-26-30(28-24-20-21-25-29(28)31-3)27-23-19-17-15-13-11-9-7-5-2/h20-21,24-25H,4-19,22-23,26-27H2,1-3H3. The van der Waals surface area contributed by atoms with Gasteiger partial charge in [0.25, 0.3) is 0 Å². The largest absolute Gasteiger partial charge is 0.495 e. The van der Waals surface area contributed by atoms with Crippen molar-refractivity contribution in [2.75, 3.05) is 25.1 Å². The molecule has 2 nitrogen and oxygen atoms in total. The Morgan fingerprint density at radius 2 is 0.935 bits per heavy atom. The highest BCUT2D eigenvalue weighted by molar-refractivity contribution is 5.58. The zero-order valence-corrected chi connectivity index (χ0v) is 21.3. The minimum atomic E-state index is 1.02. The number of anilines is 1. The number of unbranched alkanes of at least 4 members (excludes halogenated alkanes) is 16. The van der Waals surface area contributed by atoms with Gasteiger partial charge in [0, 0.05) is 13.1 Å². The average Bonchev–Trinajstić information content (AvgIpc) is 2.80. The summed E-state index contributed by atoms with van der Waals surface area (Å²) in [7, 11) is 1.80. The van der Waals surface area contributed by atoms with Gasteiger partial charge in [-0.15, -0.1) is 0 Å². The molecule has 0 atom stereocenters. The maximum absolute atomic E-state index is 5.67. The van der Waals surface area contributed by atoms with Crippen molar-refractivity contribution in [1.29, 1.82) is 0 Å². The molecule has 0 spiro atoms. The molecule has 0 aliphatic carbocycles. The first-order chi connectivity index (χ1) is 15.3. The second-order valence-electron chi connectivity index (χ2n) is 9.32. The number of para-hydroxylation sites is 2. The summed E-state index contributed by atoms with van der Waals surface area (Å²) in [5.74, 6) is 1.02. The monoisotopic (exact) mass is 431 g/mol. The van der Waals surface area contributed by atoms with Crippen LogP contribution in [0.15, 0.2) is 24.3 Å². The van der Waals surface area contributed by atoms with Gasteiger partial charge in [-0.2, -0.15) is 0 Å². The Kier molecular flexibility index (Phi) is 18.6. The van der Waals surface area contributed by atoms with E-state index < -0.39 is 0 Å². The molecule has 1 aromatic carbocycles. The van der Waals surface area contributed by atoms with Gasteiger partial charge in [-0.3, -0.25) is 0 Å². The zero-order valence-electron chi connectivity index (χ0n) is 21.3. The van der Waals surface area contributed by atoms with E-state index in [2.05, 4.69) is 43.0 Å². The summed E-state index contributed by atoms with van der Waals surface area (Å²) in [5, 5.41) is 0. The van der Waals surface area contributed by atoms with E-state index in [-0.39, 0.29) is 0 Å². The molecule has 0 aliphatic rings. The number of hydrogen-bond donors (Lipinski definition) is 0. The molecule has 0 N–H and O–H groups in total. The van der Waals surface area contributed by atoms with Crippen molar-refractivity contribution >= 4 is 5.69 Å². The number of methoxy groups -OCH3 is 1. The third kappa shape index (κ3) is 14.5. The summed E-state index contributed by atoms with van der Waals surface area (Å²) in [6.45, 7) is 6.91. The van der Waals surface area contributed by atoms with Gasteiger partial charge in [0.2, 0.25) is 0 Å². The lowest BCUT2D eigenvalue weighted by Crippen LogP contribution is -2.26. The number of ether oxygens (including phenoxy) is 1. The molecule has 0 radical (unpaired) electrons. The van der Waals surface area contributed by atoms with Crippen LogP contribution in [0.25, 0.3) is 0 Å². The number of rotatable bonds is 22. The maximum Gasteiger partial charge on any atom is 0.142 e. The predicted octanol–water partition coefficient (Wildman–Crippen LogP) is 9.56. The van der Waals surface area contributed by atoms with Crippen molar-refractivity contribution in [3.05, 3.63) is 24.3 Å². The van der Waals surface area contributed by atoms with Crippen LogP contribution in [-0.2, 0) is 0 Å². The molecule has 0 heterocycles. The van der Waals surface area contributed by atoms with Crippen LogP contribution < -0.4 is 9.64 Å². The normalized spacial score (nSPS) is 11.1. The molecule has 180 valence electrons. The lowest BCUT2D eigenvalue weighted by Gasteiger charge is -2.26. The maximum atomic E-state index is 5.67. The first kappa shape index (κ1) is 27.9. The van der Waals surface area contributed by atoms with Crippen LogP contribution in [0.4, 0.5) is 5.69 Å². The van der Waals surface area contributed by atoms with Gasteiger partial charge in [-0.25, -0.2) is 0 Å². The molecule has 1 aromatic rings. The van der Waals surface area contributed by atoms with Crippen LogP contribution in [0, 0.1) is 0 Å². The second-order valence-corrected chi connectivity index (χ2v) is 9.32. The molecule has 0 bridgehead atoms. The lowest BCUT2D eigenvalue weighted by atomic mass is 10.1. The molecule has 2 heteroatoms. The summed E-state index contributed by atoms with van der Waals surface area (Å²) >= 11 is 0. The zero-order chi connectivity index (χ0) is 22.4. The molecule has 1 rings (SSSR count). The van der Waals surface area contributed by atoms with Gasteiger partial charge in [-0.05, 0) is 25.0 Å². The Labute approximate surface area is 195 Å². The second kappa shape index (κ2) is 20.7. The van der Waals surface area contributed by atoms with Gasteiger partial charge >= 0.3 is 0 Å². The molecule has 0 saturated heterocycles. The molecule has 31 heavy (non-hydrogen) atoms. The Morgan fingerprint density at radius 3 is 1.35 bits per heavy atom. The Hall–Kier alpha value is -1.18. The minimum Gasteiger partial charge on any atom is -0.495 e. The molecule has 0 unspecified atom stereocenters. The highest BCUT2D eigenvalue weighted by Gasteiger charge is 2.11. The lowest BCUT2D eigenvalue weighted by molar-refractivity contribution is 0.413. The van der Waals surface area contributed by atoms with Gasteiger partial charge < -0.3 is 9.64 Å². The molecular weight excluding hydrogens is 378 g/mol. The highest BCUT2D eigenvalue weighted by Crippen LogP contribution is 2.28. The van der Waals surface area contributed by atoms with Crippen molar-refractivity contribution in [3.8, 4) is 5.75 Å². The first-order valence-electron chi connectivity index (χ1n) is 13.7. The quantitative estimate of drug-likeness (QED) is 0.169. The molecule has 0 saturated carbocycles. The summed E-state index contributed by atoms with van der Waals surface area (Å²) < 4.78 is 5.67. The van der Waals surface area contributed by atoms with E-state index in [9.17, 15) is 0 Å². The van der Waals surface area contributed by atoms with Crippen molar-refractivity contribution in [3.63, 3.8) is 0 Å². The van der Waals surface area contributed by atoms with Crippen molar-refractivity contribution in [1.82, 2.24) is 0 Å². The smallest absolute Gasteiger partial charge is 0.142 e. The Bertz CT molecular complexity index is 479. The molecular formula is C29H53NO. The molecule has 0 amide bonds. The van der Waals surface area contributed by atoms with Gasteiger partial charge in [0.05, 0.1) is 12.8 Å².